The molecule has 0 aliphatic carbocycles. The van der Waals surface area contributed by atoms with Gasteiger partial charge in [-0.3, -0.25) is 4.98 Å². The summed E-state index contributed by atoms with van der Waals surface area (Å²) in [4.78, 5) is 4.29. The van der Waals surface area contributed by atoms with Gasteiger partial charge in [0.15, 0.2) is 9.84 Å². The Kier molecular flexibility index (Phi) is 4.03. The van der Waals surface area contributed by atoms with Crippen LogP contribution in [0.4, 0.5) is 0 Å². The third-order valence-electron chi connectivity index (χ3n) is 3.48. The van der Waals surface area contributed by atoms with Crippen LogP contribution >= 0.6 is 0 Å². The number of nitrogens with zero attached hydrogens (tertiary/aromatic N) is 1. The Morgan fingerprint density at radius 1 is 1.33 bits per heavy atom. The zero-order chi connectivity index (χ0) is 14.7. The van der Waals surface area contributed by atoms with E-state index < -0.39 is 9.84 Å². The van der Waals surface area contributed by atoms with Crippen LogP contribution in [-0.4, -0.2) is 26.1 Å². The molecule has 0 saturated carbocycles. The lowest BCUT2D eigenvalue weighted by Gasteiger charge is -2.04. The molecule has 0 amide bonds. The van der Waals surface area contributed by atoms with Crippen molar-refractivity contribution in [2.45, 2.75) is 24.7 Å². The van der Waals surface area contributed by atoms with Gasteiger partial charge in [0.1, 0.15) is 0 Å². The van der Waals surface area contributed by atoms with Crippen LogP contribution in [0.1, 0.15) is 18.4 Å². The Hall–Kier alpha value is -1.72. The number of para-hydroxylation sites is 1. The van der Waals surface area contributed by atoms with Gasteiger partial charge in [-0.25, -0.2) is 8.42 Å². The molecule has 1 atom stereocenters. The highest BCUT2D eigenvalue weighted by molar-refractivity contribution is 7.93. The maximum Gasteiger partial charge on any atom is 0.175 e. The van der Waals surface area contributed by atoms with Crippen molar-refractivity contribution < 1.29 is 13.2 Å². The van der Waals surface area contributed by atoms with Crippen molar-refractivity contribution in [3.8, 4) is 0 Å². The number of rotatable bonds is 4. The molecule has 1 saturated heterocycles. The zero-order valence-electron chi connectivity index (χ0n) is 11.6. The molecule has 1 unspecified atom stereocenters. The van der Waals surface area contributed by atoms with E-state index in [1.54, 1.807) is 12.3 Å². The van der Waals surface area contributed by atoms with E-state index in [9.17, 15) is 8.42 Å². The van der Waals surface area contributed by atoms with Crippen molar-refractivity contribution in [1.29, 1.82) is 0 Å². The van der Waals surface area contributed by atoms with Crippen molar-refractivity contribution in [2.24, 2.45) is 0 Å². The van der Waals surface area contributed by atoms with E-state index in [0.717, 1.165) is 23.7 Å². The zero-order valence-corrected chi connectivity index (χ0v) is 12.4. The van der Waals surface area contributed by atoms with Crippen LogP contribution in [0.25, 0.3) is 10.9 Å². The summed E-state index contributed by atoms with van der Waals surface area (Å²) in [5.41, 5.74) is 1.57. The average molecular weight is 303 g/mol. The summed E-state index contributed by atoms with van der Waals surface area (Å²) in [6.07, 6.45) is 5.10. The number of pyridine rings is 1. The number of hydrogen-bond acceptors (Lipinski definition) is 4. The molecule has 0 spiro atoms. The molecule has 2 aromatic rings. The summed E-state index contributed by atoms with van der Waals surface area (Å²) in [5, 5.41) is 2.23. The van der Waals surface area contributed by atoms with E-state index in [2.05, 4.69) is 4.98 Å². The fourth-order valence-electron chi connectivity index (χ4n) is 2.44. The van der Waals surface area contributed by atoms with Crippen molar-refractivity contribution in [3.63, 3.8) is 0 Å². The van der Waals surface area contributed by atoms with Gasteiger partial charge in [-0.2, -0.15) is 0 Å². The quantitative estimate of drug-likeness (QED) is 0.871. The minimum Gasteiger partial charge on any atom is -0.374 e. The van der Waals surface area contributed by atoms with Gasteiger partial charge in [0.05, 0.1) is 17.4 Å². The van der Waals surface area contributed by atoms with Crippen LogP contribution in [-0.2, 0) is 20.3 Å². The lowest BCUT2D eigenvalue weighted by atomic mass is 10.2. The van der Waals surface area contributed by atoms with Crippen LogP contribution in [0, 0.1) is 0 Å². The first-order chi connectivity index (χ1) is 10.1. The van der Waals surface area contributed by atoms with Crippen LogP contribution in [0.3, 0.4) is 0 Å². The molecule has 110 valence electrons. The minimum atomic E-state index is -3.29. The second kappa shape index (κ2) is 5.95. The van der Waals surface area contributed by atoms with Crippen LogP contribution in [0.15, 0.2) is 48.0 Å². The second-order valence-corrected chi connectivity index (χ2v) is 7.11. The third-order valence-corrected chi connectivity index (χ3v) is 4.79. The van der Waals surface area contributed by atoms with E-state index in [-0.39, 0.29) is 11.9 Å². The summed E-state index contributed by atoms with van der Waals surface area (Å²) in [6, 6.07) is 9.54. The number of fused-ring (bicyclic) bond motifs is 1. The maximum atomic E-state index is 12.1. The average Bonchev–Trinajstić information content (AvgIpc) is 2.98. The molecule has 4 nitrogen and oxygen atoms in total. The van der Waals surface area contributed by atoms with Gasteiger partial charge in [-0.15, -0.1) is 0 Å². The smallest absolute Gasteiger partial charge is 0.175 e. The summed E-state index contributed by atoms with van der Waals surface area (Å²) in [6.45, 7) is 0.712. The van der Waals surface area contributed by atoms with Crippen molar-refractivity contribution >= 4 is 20.7 Å². The van der Waals surface area contributed by atoms with Crippen molar-refractivity contribution in [3.05, 3.63) is 53.6 Å². The highest BCUT2D eigenvalue weighted by atomic mass is 32.2. The van der Waals surface area contributed by atoms with Gasteiger partial charge in [-0.05, 0) is 36.6 Å². The predicted molar refractivity (Wildman–Crippen MR) is 82.5 cm³/mol. The highest BCUT2D eigenvalue weighted by Crippen LogP contribution is 2.17. The van der Waals surface area contributed by atoms with E-state index in [1.165, 1.54) is 5.41 Å². The number of aromatic nitrogens is 1. The van der Waals surface area contributed by atoms with E-state index in [4.69, 9.17) is 4.74 Å². The van der Waals surface area contributed by atoms with Gasteiger partial charge >= 0.3 is 0 Å². The first-order valence-corrected chi connectivity index (χ1v) is 8.70. The molecule has 0 N–H and O–H groups in total. The first-order valence-electron chi connectivity index (χ1n) is 6.99. The Labute approximate surface area is 124 Å². The summed E-state index contributed by atoms with van der Waals surface area (Å²) < 4.78 is 29.6. The summed E-state index contributed by atoms with van der Waals surface area (Å²) in [7, 11) is -3.29. The molecular weight excluding hydrogens is 286 g/mol. The van der Waals surface area contributed by atoms with Gasteiger partial charge in [0.25, 0.3) is 0 Å². The molecular formula is C16H17NO3S. The summed E-state index contributed by atoms with van der Waals surface area (Å²) >= 11 is 0. The molecule has 1 aromatic carbocycles. The predicted octanol–water partition coefficient (Wildman–Crippen LogP) is 2.84. The molecule has 2 heterocycles. The molecule has 0 bridgehead atoms. The van der Waals surface area contributed by atoms with Gasteiger partial charge in [-0.1, -0.05) is 18.2 Å². The van der Waals surface area contributed by atoms with Crippen LogP contribution < -0.4 is 0 Å². The van der Waals surface area contributed by atoms with Crippen LogP contribution in [0.5, 0.6) is 0 Å². The fourth-order valence-corrected chi connectivity index (χ4v) is 3.57. The first kappa shape index (κ1) is 14.2. The largest absolute Gasteiger partial charge is 0.374 e. The lowest BCUT2D eigenvalue weighted by Crippen LogP contribution is -2.04. The van der Waals surface area contributed by atoms with E-state index >= 15 is 0 Å². The van der Waals surface area contributed by atoms with Crippen molar-refractivity contribution in [2.75, 3.05) is 6.61 Å². The molecule has 1 aliphatic heterocycles. The SMILES string of the molecule is O=S(=O)(C=CC1CCCO1)Cc1cnc2ccccc2c1. The number of hydrogen-bond donors (Lipinski definition) is 0. The molecule has 21 heavy (non-hydrogen) atoms. The second-order valence-electron chi connectivity index (χ2n) is 5.22. The standard InChI is InChI=1S/C16H17NO3S/c18-21(19,9-7-15-5-3-8-20-15)12-13-10-14-4-1-2-6-16(14)17-11-13/h1-2,4,6-7,9-11,15H,3,5,8,12H2. The topological polar surface area (TPSA) is 56.3 Å². The number of benzene rings is 1. The van der Waals surface area contributed by atoms with Crippen molar-refractivity contribution in [1.82, 2.24) is 4.98 Å². The molecule has 0 radical (unpaired) electrons. The molecule has 1 aromatic heterocycles. The van der Waals surface area contributed by atoms with E-state index in [1.807, 2.05) is 30.3 Å². The molecule has 1 fully saturated rings. The third kappa shape index (κ3) is 3.68. The Balaban J connectivity index is 1.76. The Morgan fingerprint density at radius 3 is 3.00 bits per heavy atom. The van der Waals surface area contributed by atoms with E-state index in [0.29, 0.717) is 12.2 Å². The minimum absolute atomic E-state index is 0.0337. The normalized spacial score (nSPS) is 19.5. The molecule has 5 heteroatoms. The number of sulfone groups is 1. The Bertz CT molecular complexity index is 762. The van der Waals surface area contributed by atoms with Gasteiger partial charge in [0, 0.05) is 23.6 Å². The monoisotopic (exact) mass is 303 g/mol. The number of ether oxygens (including phenoxy) is 1. The van der Waals surface area contributed by atoms with Crippen LogP contribution in [0.2, 0.25) is 0 Å². The van der Waals surface area contributed by atoms with Gasteiger partial charge in [0.2, 0.25) is 0 Å². The Morgan fingerprint density at radius 2 is 2.19 bits per heavy atom. The lowest BCUT2D eigenvalue weighted by molar-refractivity contribution is 0.145. The van der Waals surface area contributed by atoms with Gasteiger partial charge < -0.3 is 4.74 Å². The summed E-state index contributed by atoms with van der Waals surface area (Å²) in [5.74, 6) is -0.0337. The molecule has 1 aliphatic rings. The highest BCUT2D eigenvalue weighted by Gasteiger charge is 2.14. The molecule has 3 rings (SSSR count). The maximum absolute atomic E-state index is 12.1. The fraction of sp³-hybridized carbons (Fsp3) is 0.312.